The summed E-state index contributed by atoms with van der Waals surface area (Å²) < 4.78 is 43.2. The van der Waals surface area contributed by atoms with Gasteiger partial charge in [-0.2, -0.15) is 13.2 Å². The van der Waals surface area contributed by atoms with E-state index >= 15 is 0 Å². The first kappa shape index (κ1) is 20.0. The molecule has 0 atom stereocenters. The number of thiazole rings is 1. The van der Waals surface area contributed by atoms with Gasteiger partial charge in [-0.3, -0.25) is 4.40 Å². The van der Waals surface area contributed by atoms with E-state index in [4.69, 9.17) is 4.74 Å². The maximum absolute atomic E-state index is 12.2. The molecule has 0 saturated carbocycles. The van der Waals surface area contributed by atoms with Crippen molar-refractivity contribution in [3.05, 3.63) is 53.3 Å². The van der Waals surface area contributed by atoms with Gasteiger partial charge in [0.25, 0.3) is 0 Å². The number of ether oxygens (including phenoxy) is 1. The summed E-state index contributed by atoms with van der Waals surface area (Å²) in [6, 6.07) is 6.41. The summed E-state index contributed by atoms with van der Waals surface area (Å²) in [4.78, 5) is 9.94. The van der Waals surface area contributed by atoms with Crippen LogP contribution in [0.4, 0.5) is 13.2 Å². The number of rotatable bonds is 7. The highest BCUT2D eigenvalue weighted by atomic mass is 32.1. The standard InChI is InChI=1S/C18H20F3N5OS/c1-2-22-16(24-10-14-11-26-7-8-28-17(26)25-14)23-9-13-3-5-15(6-4-13)27-12-18(19,20)21/h3-8,11H,2,9-10,12H2,1H3,(H2,22,23,24). The van der Waals surface area contributed by atoms with Crippen LogP contribution in [0.25, 0.3) is 4.96 Å². The third-order valence-corrected chi connectivity index (χ3v) is 4.44. The Kier molecular flexibility index (Phi) is 6.40. The van der Waals surface area contributed by atoms with Crippen molar-refractivity contribution in [2.24, 2.45) is 4.99 Å². The molecule has 0 spiro atoms. The fourth-order valence-corrected chi connectivity index (χ4v) is 3.12. The number of benzene rings is 1. The van der Waals surface area contributed by atoms with Gasteiger partial charge in [-0.15, -0.1) is 11.3 Å². The van der Waals surface area contributed by atoms with Crippen LogP contribution in [-0.4, -0.2) is 34.7 Å². The molecule has 6 nitrogen and oxygen atoms in total. The van der Waals surface area contributed by atoms with Crippen molar-refractivity contribution in [3.8, 4) is 5.75 Å². The Bertz CT molecular complexity index is 889. The number of halogens is 3. The van der Waals surface area contributed by atoms with Crippen molar-refractivity contribution in [1.29, 1.82) is 0 Å². The van der Waals surface area contributed by atoms with E-state index in [0.717, 1.165) is 16.2 Å². The molecule has 2 heterocycles. The molecule has 0 unspecified atom stereocenters. The lowest BCUT2D eigenvalue weighted by Gasteiger charge is -2.11. The second kappa shape index (κ2) is 8.96. The van der Waals surface area contributed by atoms with Crippen LogP contribution in [0.5, 0.6) is 5.75 Å². The normalized spacial score (nSPS) is 12.4. The van der Waals surface area contributed by atoms with E-state index in [1.807, 2.05) is 29.1 Å². The summed E-state index contributed by atoms with van der Waals surface area (Å²) in [6.07, 6.45) is -0.431. The molecular formula is C18H20F3N5OS. The van der Waals surface area contributed by atoms with Gasteiger partial charge in [-0.1, -0.05) is 12.1 Å². The summed E-state index contributed by atoms with van der Waals surface area (Å²) in [5, 5.41) is 8.36. The minimum atomic E-state index is -4.35. The lowest BCUT2D eigenvalue weighted by Crippen LogP contribution is -2.36. The molecule has 3 aromatic rings. The van der Waals surface area contributed by atoms with Crippen LogP contribution < -0.4 is 15.4 Å². The van der Waals surface area contributed by atoms with E-state index in [0.29, 0.717) is 25.6 Å². The number of fused-ring (bicyclic) bond motifs is 1. The SMILES string of the molecule is CCNC(=NCc1ccc(OCC(F)(F)F)cc1)NCc1cn2ccsc2n1. The van der Waals surface area contributed by atoms with Crippen LogP contribution in [0.3, 0.4) is 0 Å². The molecule has 0 radical (unpaired) electrons. The number of imidazole rings is 1. The summed E-state index contributed by atoms with van der Waals surface area (Å²) in [7, 11) is 0. The number of aliphatic imine (C=N–C) groups is 1. The van der Waals surface area contributed by atoms with Gasteiger partial charge in [-0.25, -0.2) is 9.98 Å². The summed E-state index contributed by atoms with van der Waals surface area (Å²) in [5.41, 5.74) is 1.77. The van der Waals surface area contributed by atoms with Crippen molar-refractivity contribution < 1.29 is 17.9 Å². The van der Waals surface area contributed by atoms with Crippen LogP contribution in [0.15, 0.2) is 47.0 Å². The number of guanidine groups is 1. The van der Waals surface area contributed by atoms with Gasteiger partial charge in [0.15, 0.2) is 17.5 Å². The second-order valence-electron chi connectivity index (χ2n) is 5.92. The van der Waals surface area contributed by atoms with Crippen LogP contribution in [-0.2, 0) is 13.1 Å². The lowest BCUT2D eigenvalue weighted by molar-refractivity contribution is -0.153. The molecule has 10 heteroatoms. The average molecular weight is 411 g/mol. The molecule has 0 fully saturated rings. The predicted octanol–water partition coefficient (Wildman–Crippen LogP) is 3.59. The number of hydrogen-bond donors (Lipinski definition) is 2. The number of nitrogens with zero attached hydrogens (tertiary/aromatic N) is 3. The maximum Gasteiger partial charge on any atom is 0.422 e. The highest BCUT2D eigenvalue weighted by molar-refractivity contribution is 7.15. The van der Waals surface area contributed by atoms with Crippen LogP contribution in [0, 0.1) is 0 Å². The molecule has 150 valence electrons. The highest BCUT2D eigenvalue weighted by Gasteiger charge is 2.28. The van der Waals surface area contributed by atoms with Crippen molar-refractivity contribution in [1.82, 2.24) is 20.0 Å². The van der Waals surface area contributed by atoms with E-state index in [-0.39, 0.29) is 5.75 Å². The molecule has 3 rings (SSSR count). The quantitative estimate of drug-likeness (QED) is 0.461. The molecule has 0 aliphatic rings. The van der Waals surface area contributed by atoms with Gasteiger partial charge in [0.1, 0.15) is 5.75 Å². The Labute approximate surface area is 164 Å². The summed E-state index contributed by atoms with van der Waals surface area (Å²) in [6.45, 7) is 2.29. The van der Waals surface area contributed by atoms with E-state index in [1.54, 1.807) is 23.5 Å². The Morgan fingerprint density at radius 1 is 1.25 bits per heavy atom. The van der Waals surface area contributed by atoms with Crippen LogP contribution in [0.1, 0.15) is 18.2 Å². The molecule has 1 aromatic carbocycles. The molecular weight excluding hydrogens is 391 g/mol. The smallest absolute Gasteiger partial charge is 0.422 e. The number of nitrogens with one attached hydrogen (secondary N) is 2. The van der Waals surface area contributed by atoms with Crippen molar-refractivity contribution in [2.75, 3.05) is 13.2 Å². The molecule has 0 amide bonds. The minimum Gasteiger partial charge on any atom is -0.484 e. The molecule has 2 aromatic heterocycles. The molecule has 0 saturated heterocycles. The highest BCUT2D eigenvalue weighted by Crippen LogP contribution is 2.19. The Balaban J connectivity index is 1.55. The predicted molar refractivity (Wildman–Crippen MR) is 103 cm³/mol. The number of aromatic nitrogens is 2. The first-order valence-corrected chi connectivity index (χ1v) is 9.52. The fraction of sp³-hybridized carbons (Fsp3) is 0.333. The maximum atomic E-state index is 12.2. The van der Waals surface area contributed by atoms with Crippen molar-refractivity contribution >= 4 is 22.3 Å². The Morgan fingerprint density at radius 3 is 2.71 bits per heavy atom. The first-order chi connectivity index (χ1) is 13.4. The molecule has 0 aliphatic heterocycles. The van der Waals surface area contributed by atoms with Gasteiger partial charge in [-0.05, 0) is 24.6 Å². The zero-order chi connectivity index (χ0) is 20.0. The van der Waals surface area contributed by atoms with Crippen molar-refractivity contribution in [2.45, 2.75) is 26.2 Å². The fourth-order valence-electron chi connectivity index (χ4n) is 2.40. The summed E-state index contributed by atoms with van der Waals surface area (Å²) >= 11 is 1.57. The van der Waals surface area contributed by atoms with E-state index < -0.39 is 12.8 Å². The second-order valence-corrected chi connectivity index (χ2v) is 6.79. The third-order valence-electron chi connectivity index (χ3n) is 3.67. The number of alkyl halides is 3. The monoisotopic (exact) mass is 411 g/mol. The average Bonchev–Trinajstić information content (AvgIpc) is 3.24. The third kappa shape index (κ3) is 5.88. The lowest BCUT2D eigenvalue weighted by atomic mass is 10.2. The van der Waals surface area contributed by atoms with E-state index in [9.17, 15) is 13.2 Å². The Morgan fingerprint density at radius 2 is 2.04 bits per heavy atom. The minimum absolute atomic E-state index is 0.176. The van der Waals surface area contributed by atoms with Gasteiger partial charge >= 0.3 is 6.18 Å². The molecule has 0 bridgehead atoms. The molecule has 28 heavy (non-hydrogen) atoms. The van der Waals surface area contributed by atoms with Crippen LogP contribution >= 0.6 is 11.3 Å². The van der Waals surface area contributed by atoms with Gasteiger partial charge in [0.2, 0.25) is 0 Å². The van der Waals surface area contributed by atoms with Gasteiger partial charge in [0.05, 0.1) is 18.8 Å². The zero-order valence-corrected chi connectivity index (χ0v) is 16.0. The molecule has 2 N–H and O–H groups in total. The largest absolute Gasteiger partial charge is 0.484 e. The van der Waals surface area contributed by atoms with Gasteiger partial charge < -0.3 is 15.4 Å². The zero-order valence-electron chi connectivity index (χ0n) is 15.2. The summed E-state index contributed by atoms with van der Waals surface area (Å²) in [5.74, 6) is 0.811. The van der Waals surface area contributed by atoms with Gasteiger partial charge in [0, 0.05) is 24.3 Å². The van der Waals surface area contributed by atoms with E-state index in [2.05, 4.69) is 20.6 Å². The van der Waals surface area contributed by atoms with Crippen LogP contribution in [0.2, 0.25) is 0 Å². The van der Waals surface area contributed by atoms with Crippen molar-refractivity contribution in [3.63, 3.8) is 0 Å². The van der Waals surface area contributed by atoms with E-state index in [1.165, 1.54) is 12.1 Å². The Hall–Kier alpha value is -2.75. The molecule has 0 aliphatic carbocycles. The first-order valence-electron chi connectivity index (χ1n) is 8.64. The topological polar surface area (TPSA) is 63.0 Å². The number of hydrogen-bond acceptors (Lipinski definition) is 4.